The van der Waals surface area contributed by atoms with Crippen molar-refractivity contribution in [3.8, 4) is 11.4 Å². The van der Waals surface area contributed by atoms with Crippen molar-refractivity contribution in [1.82, 2.24) is 9.97 Å². The van der Waals surface area contributed by atoms with Crippen LogP contribution in [0.4, 0.5) is 0 Å². The van der Waals surface area contributed by atoms with Crippen molar-refractivity contribution >= 4 is 15.9 Å². The van der Waals surface area contributed by atoms with E-state index in [9.17, 15) is 0 Å². The predicted octanol–water partition coefficient (Wildman–Crippen LogP) is 2.53. The second kappa shape index (κ2) is 5.18. The van der Waals surface area contributed by atoms with Crippen molar-refractivity contribution in [3.05, 3.63) is 47.8 Å². The number of halogens is 1. The van der Waals surface area contributed by atoms with Gasteiger partial charge in [-0.25, -0.2) is 0 Å². The minimum absolute atomic E-state index is 0.0215. The van der Waals surface area contributed by atoms with Gasteiger partial charge in [-0.2, -0.15) is 0 Å². The lowest BCUT2D eigenvalue weighted by atomic mass is 10.1. The normalized spacial score (nSPS) is 10.4. The molecule has 0 aliphatic heterocycles. The minimum atomic E-state index is 0.0215. The van der Waals surface area contributed by atoms with Gasteiger partial charge in [0.05, 0.1) is 18.0 Å². The van der Waals surface area contributed by atoms with Gasteiger partial charge >= 0.3 is 0 Å². The maximum atomic E-state index is 9.05. The van der Waals surface area contributed by atoms with Crippen LogP contribution in [0.1, 0.15) is 11.1 Å². The smallest absolute Gasteiger partial charge is 0.0889 e. The summed E-state index contributed by atoms with van der Waals surface area (Å²) < 4.78 is 0. The Labute approximate surface area is 102 Å². The summed E-state index contributed by atoms with van der Waals surface area (Å²) in [5.74, 6) is 0. The van der Waals surface area contributed by atoms with Crippen molar-refractivity contribution in [2.24, 2.45) is 0 Å². The van der Waals surface area contributed by atoms with Gasteiger partial charge in [0.2, 0.25) is 0 Å². The van der Waals surface area contributed by atoms with Gasteiger partial charge in [0.25, 0.3) is 0 Å². The maximum absolute atomic E-state index is 9.05. The zero-order chi connectivity index (χ0) is 11.4. The first-order valence-electron chi connectivity index (χ1n) is 4.90. The summed E-state index contributed by atoms with van der Waals surface area (Å²) in [4.78, 5) is 8.51. The Morgan fingerprint density at radius 1 is 1.00 bits per heavy atom. The first-order chi connectivity index (χ1) is 7.83. The zero-order valence-electron chi connectivity index (χ0n) is 8.60. The topological polar surface area (TPSA) is 46.0 Å². The molecule has 2 heterocycles. The fourth-order valence-electron chi connectivity index (χ4n) is 1.41. The van der Waals surface area contributed by atoms with Gasteiger partial charge in [0.1, 0.15) is 0 Å². The number of alkyl halides is 1. The average molecular weight is 279 g/mol. The van der Waals surface area contributed by atoms with Gasteiger partial charge in [-0.3, -0.25) is 9.97 Å². The molecule has 3 nitrogen and oxygen atoms in total. The van der Waals surface area contributed by atoms with E-state index in [4.69, 9.17) is 5.11 Å². The predicted molar refractivity (Wildman–Crippen MR) is 66.0 cm³/mol. The van der Waals surface area contributed by atoms with Crippen LogP contribution in [-0.4, -0.2) is 15.1 Å². The van der Waals surface area contributed by atoms with Crippen LogP contribution in [0, 0.1) is 0 Å². The van der Waals surface area contributed by atoms with Crippen LogP contribution >= 0.6 is 15.9 Å². The first-order valence-corrected chi connectivity index (χ1v) is 6.02. The van der Waals surface area contributed by atoms with Gasteiger partial charge < -0.3 is 5.11 Å². The fourth-order valence-corrected chi connectivity index (χ4v) is 1.76. The highest BCUT2D eigenvalue weighted by Gasteiger charge is 2.02. The number of pyridine rings is 2. The molecule has 16 heavy (non-hydrogen) atoms. The van der Waals surface area contributed by atoms with Crippen LogP contribution in [0.5, 0.6) is 0 Å². The number of rotatable bonds is 3. The molecule has 0 bridgehead atoms. The Balaban J connectivity index is 2.41. The Kier molecular flexibility index (Phi) is 3.64. The van der Waals surface area contributed by atoms with E-state index in [0.29, 0.717) is 0 Å². The van der Waals surface area contributed by atoms with E-state index >= 15 is 0 Å². The minimum Gasteiger partial charge on any atom is -0.392 e. The molecule has 1 N–H and O–H groups in total. The molecule has 0 aromatic carbocycles. The molecule has 0 unspecified atom stereocenters. The molecule has 0 fully saturated rings. The summed E-state index contributed by atoms with van der Waals surface area (Å²) >= 11 is 3.40. The van der Waals surface area contributed by atoms with Gasteiger partial charge in [-0.05, 0) is 35.4 Å². The summed E-state index contributed by atoms with van der Waals surface area (Å²) in [7, 11) is 0. The molecule has 0 spiro atoms. The molecule has 4 heteroatoms. The standard InChI is InChI=1S/C12H11BrN2O/c13-7-9-1-3-14-11(5-9)12-6-10(8-16)2-4-15-12/h1-6,16H,7-8H2. The molecule has 2 aromatic rings. The Morgan fingerprint density at radius 2 is 1.56 bits per heavy atom. The third-order valence-electron chi connectivity index (χ3n) is 2.25. The van der Waals surface area contributed by atoms with E-state index in [2.05, 4.69) is 25.9 Å². The van der Waals surface area contributed by atoms with E-state index in [1.807, 2.05) is 18.2 Å². The summed E-state index contributed by atoms with van der Waals surface area (Å²) in [6.07, 6.45) is 3.45. The van der Waals surface area contributed by atoms with E-state index in [1.54, 1.807) is 18.5 Å². The molecule has 0 aliphatic carbocycles. The summed E-state index contributed by atoms with van der Waals surface area (Å²) in [6, 6.07) is 7.57. The van der Waals surface area contributed by atoms with E-state index < -0.39 is 0 Å². The molecule has 2 rings (SSSR count). The van der Waals surface area contributed by atoms with Crippen molar-refractivity contribution in [1.29, 1.82) is 0 Å². The lowest BCUT2D eigenvalue weighted by molar-refractivity contribution is 0.282. The Hall–Kier alpha value is -1.26. The van der Waals surface area contributed by atoms with E-state index in [0.717, 1.165) is 27.8 Å². The number of aliphatic hydroxyl groups is 1. The van der Waals surface area contributed by atoms with E-state index in [-0.39, 0.29) is 6.61 Å². The monoisotopic (exact) mass is 278 g/mol. The Morgan fingerprint density at radius 3 is 2.12 bits per heavy atom. The van der Waals surface area contributed by atoms with Crippen LogP contribution < -0.4 is 0 Å². The highest BCUT2D eigenvalue weighted by atomic mass is 79.9. The molecular weight excluding hydrogens is 268 g/mol. The molecule has 0 radical (unpaired) electrons. The summed E-state index contributed by atoms with van der Waals surface area (Å²) in [5.41, 5.74) is 3.61. The van der Waals surface area contributed by atoms with Crippen LogP contribution in [0.25, 0.3) is 11.4 Å². The quantitative estimate of drug-likeness (QED) is 0.878. The molecule has 82 valence electrons. The highest BCUT2D eigenvalue weighted by Crippen LogP contribution is 2.17. The van der Waals surface area contributed by atoms with Crippen molar-refractivity contribution in [3.63, 3.8) is 0 Å². The average Bonchev–Trinajstić information content (AvgIpc) is 2.39. The van der Waals surface area contributed by atoms with Crippen LogP contribution in [0.2, 0.25) is 0 Å². The Bertz CT molecular complexity index is 442. The fraction of sp³-hybridized carbons (Fsp3) is 0.167. The largest absolute Gasteiger partial charge is 0.392 e. The third kappa shape index (κ3) is 2.46. The van der Waals surface area contributed by atoms with Gasteiger partial charge in [-0.1, -0.05) is 15.9 Å². The van der Waals surface area contributed by atoms with Crippen LogP contribution in [-0.2, 0) is 11.9 Å². The molecule has 0 atom stereocenters. The van der Waals surface area contributed by atoms with Crippen LogP contribution in [0.15, 0.2) is 36.7 Å². The van der Waals surface area contributed by atoms with Crippen molar-refractivity contribution < 1.29 is 5.11 Å². The maximum Gasteiger partial charge on any atom is 0.0889 e. The highest BCUT2D eigenvalue weighted by molar-refractivity contribution is 9.08. The van der Waals surface area contributed by atoms with Crippen molar-refractivity contribution in [2.75, 3.05) is 0 Å². The molecular formula is C12H11BrN2O. The SMILES string of the molecule is OCc1ccnc(-c2cc(CBr)ccn2)c1. The lowest BCUT2D eigenvalue weighted by Crippen LogP contribution is -1.91. The van der Waals surface area contributed by atoms with E-state index in [1.165, 1.54) is 0 Å². The zero-order valence-corrected chi connectivity index (χ0v) is 10.2. The summed E-state index contributed by atoms with van der Waals surface area (Å²) in [6.45, 7) is 0.0215. The number of nitrogens with zero attached hydrogens (tertiary/aromatic N) is 2. The number of aromatic nitrogens is 2. The number of hydrogen-bond acceptors (Lipinski definition) is 3. The third-order valence-corrected chi connectivity index (χ3v) is 2.90. The molecule has 0 saturated heterocycles. The number of aliphatic hydroxyl groups excluding tert-OH is 1. The molecule has 0 amide bonds. The second-order valence-electron chi connectivity index (χ2n) is 3.39. The van der Waals surface area contributed by atoms with Gasteiger partial charge in [-0.15, -0.1) is 0 Å². The first kappa shape index (κ1) is 11.2. The van der Waals surface area contributed by atoms with Gasteiger partial charge in [0, 0.05) is 17.7 Å². The molecule has 2 aromatic heterocycles. The van der Waals surface area contributed by atoms with Crippen LogP contribution in [0.3, 0.4) is 0 Å². The molecule has 0 aliphatic rings. The lowest BCUT2D eigenvalue weighted by Gasteiger charge is -2.03. The summed E-state index contributed by atoms with van der Waals surface area (Å²) in [5, 5.41) is 9.85. The number of hydrogen-bond donors (Lipinski definition) is 1. The second-order valence-corrected chi connectivity index (χ2v) is 3.95. The van der Waals surface area contributed by atoms with Crippen molar-refractivity contribution in [2.45, 2.75) is 11.9 Å². The molecule has 0 saturated carbocycles. The van der Waals surface area contributed by atoms with Gasteiger partial charge in [0.15, 0.2) is 0 Å².